The molecule has 1 nitrogen and oxygen atoms in total. The van der Waals surface area contributed by atoms with Gasteiger partial charge in [-0.3, -0.25) is 0 Å². The first-order valence-electron chi connectivity index (χ1n) is 6.30. The summed E-state index contributed by atoms with van der Waals surface area (Å²) < 4.78 is 32.6. The molecular formula is C14H17ClF2O. The number of alkyl halides is 1. The predicted octanol–water partition coefficient (Wildman–Crippen LogP) is 4.83. The second-order valence-electron chi connectivity index (χ2n) is 4.80. The average Bonchev–Trinajstić information content (AvgIpc) is 2.38. The van der Waals surface area contributed by atoms with Crippen LogP contribution >= 0.6 is 11.6 Å². The molecule has 1 aliphatic rings. The molecule has 1 aromatic carbocycles. The van der Waals surface area contributed by atoms with Crippen molar-refractivity contribution in [2.24, 2.45) is 5.92 Å². The van der Waals surface area contributed by atoms with Gasteiger partial charge in [0.1, 0.15) is 17.4 Å². The lowest BCUT2D eigenvalue weighted by Gasteiger charge is -2.26. The van der Waals surface area contributed by atoms with Crippen LogP contribution in [-0.2, 0) is 0 Å². The summed E-state index contributed by atoms with van der Waals surface area (Å²) in [6.45, 7) is 0. The molecule has 0 radical (unpaired) electrons. The Morgan fingerprint density at radius 1 is 1.17 bits per heavy atom. The zero-order chi connectivity index (χ0) is 13.1. The lowest BCUT2D eigenvalue weighted by Crippen LogP contribution is -2.14. The third-order valence-electron chi connectivity index (χ3n) is 3.63. The molecule has 0 heterocycles. The highest BCUT2D eigenvalue weighted by molar-refractivity contribution is 6.21. The van der Waals surface area contributed by atoms with Crippen molar-refractivity contribution in [2.75, 3.05) is 7.11 Å². The molecule has 2 rings (SSSR count). The number of ether oxygens (including phenoxy) is 1. The van der Waals surface area contributed by atoms with Crippen molar-refractivity contribution >= 4 is 11.6 Å². The van der Waals surface area contributed by atoms with Crippen LogP contribution in [0, 0.1) is 17.6 Å². The fourth-order valence-electron chi connectivity index (χ4n) is 2.60. The van der Waals surface area contributed by atoms with E-state index in [0.29, 0.717) is 0 Å². The highest BCUT2D eigenvalue weighted by atomic mass is 35.5. The van der Waals surface area contributed by atoms with Gasteiger partial charge in [-0.25, -0.2) is 8.78 Å². The van der Waals surface area contributed by atoms with Crippen molar-refractivity contribution in [3.8, 4) is 5.75 Å². The molecule has 0 aromatic heterocycles. The van der Waals surface area contributed by atoms with Gasteiger partial charge < -0.3 is 4.74 Å². The summed E-state index contributed by atoms with van der Waals surface area (Å²) in [6, 6.07) is 2.38. The molecule has 4 heteroatoms. The lowest BCUT2D eigenvalue weighted by molar-refractivity contribution is 0.338. The molecule has 0 saturated heterocycles. The first-order chi connectivity index (χ1) is 8.63. The van der Waals surface area contributed by atoms with Crippen molar-refractivity contribution in [2.45, 2.75) is 37.5 Å². The highest BCUT2D eigenvalue weighted by Crippen LogP contribution is 2.41. The van der Waals surface area contributed by atoms with Crippen molar-refractivity contribution < 1.29 is 13.5 Å². The van der Waals surface area contributed by atoms with E-state index >= 15 is 0 Å². The van der Waals surface area contributed by atoms with Gasteiger partial charge in [0, 0.05) is 17.7 Å². The van der Waals surface area contributed by atoms with Gasteiger partial charge in [-0.1, -0.05) is 19.3 Å². The molecule has 100 valence electrons. The van der Waals surface area contributed by atoms with Crippen molar-refractivity contribution in [3.63, 3.8) is 0 Å². The standard InChI is InChI=1S/C14H17ClF2O/c1-18-10-7-11(16)13(12(17)8-10)14(15)9-5-3-2-4-6-9/h7-9,14H,2-6H2,1H3. The number of rotatable bonds is 3. The van der Waals surface area contributed by atoms with Crippen LogP contribution in [0.5, 0.6) is 5.75 Å². The minimum atomic E-state index is -0.613. The fraction of sp³-hybridized carbons (Fsp3) is 0.571. The number of halogens is 3. The van der Waals surface area contributed by atoms with Crippen LogP contribution in [0.15, 0.2) is 12.1 Å². The van der Waals surface area contributed by atoms with Crippen LogP contribution in [-0.4, -0.2) is 7.11 Å². The van der Waals surface area contributed by atoms with E-state index in [1.165, 1.54) is 25.7 Å². The maximum atomic E-state index is 13.9. The predicted molar refractivity (Wildman–Crippen MR) is 68.1 cm³/mol. The third-order valence-corrected chi connectivity index (χ3v) is 4.20. The molecule has 0 bridgehead atoms. The Morgan fingerprint density at radius 2 is 1.72 bits per heavy atom. The van der Waals surface area contributed by atoms with E-state index in [-0.39, 0.29) is 17.2 Å². The van der Waals surface area contributed by atoms with Crippen LogP contribution in [0.25, 0.3) is 0 Å². The van der Waals surface area contributed by atoms with E-state index in [1.54, 1.807) is 0 Å². The van der Waals surface area contributed by atoms with Crippen molar-refractivity contribution in [1.82, 2.24) is 0 Å². The monoisotopic (exact) mass is 274 g/mol. The van der Waals surface area contributed by atoms with Gasteiger partial charge >= 0.3 is 0 Å². The summed E-state index contributed by atoms with van der Waals surface area (Å²) in [4.78, 5) is 0. The quantitative estimate of drug-likeness (QED) is 0.717. The van der Waals surface area contributed by atoms with Crippen LogP contribution in [0.1, 0.15) is 43.0 Å². The van der Waals surface area contributed by atoms with Gasteiger partial charge in [-0.2, -0.15) is 0 Å². The highest BCUT2D eigenvalue weighted by Gasteiger charge is 2.28. The van der Waals surface area contributed by atoms with Gasteiger partial charge in [-0.15, -0.1) is 11.6 Å². The molecule has 1 saturated carbocycles. The Morgan fingerprint density at radius 3 is 2.22 bits per heavy atom. The molecule has 1 fully saturated rings. The van der Waals surface area contributed by atoms with Gasteiger partial charge in [0.05, 0.1) is 12.5 Å². The zero-order valence-corrected chi connectivity index (χ0v) is 11.1. The molecule has 1 atom stereocenters. The van der Waals surface area contributed by atoms with Crippen molar-refractivity contribution in [3.05, 3.63) is 29.3 Å². The van der Waals surface area contributed by atoms with E-state index in [0.717, 1.165) is 25.7 Å². The summed E-state index contributed by atoms with van der Waals surface area (Å²) >= 11 is 6.27. The van der Waals surface area contributed by atoms with Crippen LogP contribution in [0.2, 0.25) is 0 Å². The van der Waals surface area contributed by atoms with Crippen molar-refractivity contribution in [1.29, 1.82) is 0 Å². The number of hydrogen-bond acceptors (Lipinski definition) is 1. The molecule has 1 unspecified atom stereocenters. The second kappa shape index (κ2) is 5.87. The average molecular weight is 275 g/mol. The first kappa shape index (κ1) is 13.6. The Labute approximate surface area is 111 Å². The van der Waals surface area contributed by atoms with E-state index in [2.05, 4.69) is 0 Å². The second-order valence-corrected chi connectivity index (χ2v) is 5.27. The number of methoxy groups -OCH3 is 1. The lowest BCUT2D eigenvalue weighted by atomic mass is 9.84. The summed E-state index contributed by atoms with van der Waals surface area (Å²) in [5.74, 6) is -0.881. The molecule has 0 amide bonds. The summed E-state index contributed by atoms with van der Waals surface area (Å²) in [5.41, 5.74) is -0.00985. The van der Waals surface area contributed by atoms with Gasteiger partial charge in [0.25, 0.3) is 0 Å². The maximum absolute atomic E-state index is 13.9. The molecule has 1 aliphatic carbocycles. The fourth-order valence-corrected chi connectivity index (χ4v) is 3.07. The summed E-state index contributed by atoms with van der Waals surface area (Å²) in [5, 5.41) is -0.587. The van der Waals surface area contributed by atoms with Gasteiger partial charge in [-0.05, 0) is 18.8 Å². The van der Waals surface area contributed by atoms with E-state index in [4.69, 9.17) is 16.3 Å². The SMILES string of the molecule is COc1cc(F)c(C(Cl)C2CCCCC2)c(F)c1. The largest absolute Gasteiger partial charge is 0.497 e. The van der Waals surface area contributed by atoms with Gasteiger partial charge in [0.2, 0.25) is 0 Å². The van der Waals surface area contributed by atoms with E-state index in [1.807, 2.05) is 0 Å². The Hall–Kier alpha value is -0.830. The van der Waals surface area contributed by atoms with Gasteiger partial charge in [0.15, 0.2) is 0 Å². The normalized spacial score (nSPS) is 18.7. The van der Waals surface area contributed by atoms with Crippen LogP contribution in [0.3, 0.4) is 0 Å². The summed E-state index contributed by atoms with van der Waals surface area (Å²) in [6.07, 6.45) is 5.26. The maximum Gasteiger partial charge on any atom is 0.134 e. The molecule has 0 spiro atoms. The molecular weight excluding hydrogens is 258 g/mol. The Kier molecular flexibility index (Phi) is 4.44. The number of benzene rings is 1. The van der Waals surface area contributed by atoms with Crippen LogP contribution < -0.4 is 4.74 Å². The Balaban J connectivity index is 2.26. The smallest absolute Gasteiger partial charge is 0.134 e. The van der Waals surface area contributed by atoms with E-state index < -0.39 is 17.0 Å². The molecule has 0 aliphatic heterocycles. The minimum absolute atomic E-state index is 0.00985. The molecule has 0 N–H and O–H groups in total. The molecule has 1 aromatic rings. The minimum Gasteiger partial charge on any atom is -0.497 e. The topological polar surface area (TPSA) is 9.23 Å². The zero-order valence-electron chi connectivity index (χ0n) is 10.4. The van der Waals surface area contributed by atoms with Crippen LogP contribution in [0.4, 0.5) is 8.78 Å². The Bertz CT molecular complexity index is 393. The summed E-state index contributed by atoms with van der Waals surface area (Å²) in [7, 11) is 1.38. The third kappa shape index (κ3) is 2.77. The first-order valence-corrected chi connectivity index (χ1v) is 6.74. The molecule has 18 heavy (non-hydrogen) atoms. The van der Waals surface area contributed by atoms with E-state index in [9.17, 15) is 8.78 Å². The number of hydrogen-bond donors (Lipinski definition) is 0.